The Morgan fingerprint density at radius 3 is 2.31 bits per heavy atom. The summed E-state index contributed by atoms with van der Waals surface area (Å²) in [6.07, 6.45) is 0.316. The van der Waals surface area contributed by atoms with Gasteiger partial charge >= 0.3 is 0 Å². The number of halogens is 1. The smallest absolute Gasteiger partial charge is 0.237 e. The molecule has 0 aliphatic carbocycles. The largest absolute Gasteiger partial charge is 0.326 e. The molecule has 2 amide bonds. The van der Waals surface area contributed by atoms with Gasteiger partial charge in [-0.25, -0.2) is 0 Å². The molecule has 3 aromatic carbocycles. The number of benzene rings is 3. The fraction of sp³-hybridized carbons (Fsp3) is 0.130. The van der Waals surface area contributed by atoms with Gasteiger partial charge in [0.2, 0.25) is 11.8 Å². The van der Waals surface area contributed by atoms with E-state index in [0.29, 0.717) is 22.8 Å². The number of hydrogen-bond acceptors (Lipinski definition) is 3. The van der Waals surface area contributed by atoms with E-state index >= 15 is 0 Å². The second kappa shape index (κ2) is 10.1. The number of hydrogen-bond donors (Lipinski definition) is 2. The molecule has 0 saturated carbocycles. The van der Waals surface area contributed by atoms with Gasteiger partial charge < -0.3 is 10.6 Å². The van der Waals surface area contributed by atoms with Crippen molar-refractivity contribution in [2.45, 2.75) is 23.5 Å². The zero-order chi connectivity index (χ0) is 20.6. The normalized spacial score (nSPS) is 11.5. The summed E-state index contributed by atoms with van der Waals surface area (Å²) in [6.45, 7) is 1.84. The fourth-order valence-electron chi connectivity index (χ4n) is 2.70. The van der Waals surface area contributed by atoms with E-state index in [1.54, 1.807) is 24.3 Å². The minimum atomic E-state index is -0.316. The second-order valence-corrected chi connectivity index (χ2v) is 8.35. The summed E-state index contributed by atoms with van der Waals surface area (Å²) in [4.78, 5) is 25.6. The SMILES string of the molecule is CC(Sc1cccc(NC(=O)Cc2ccccc2)c1)C(=O)Nc1cccc(Cl)c1. The van der Waals surface area contributed by atoms with Crippen molar-refractivity contribution in [2.75, 3.05) is 10.6 Å². The molecule has 0 aliphatic rings. The third-order valence-corrected chi connectivity index (χ3v) is 5.43. The van der Waals surface area contributed by atoms with Gasteiger partial charge in [-0.2, -0.15) is 0 Å². The average Bonchev–Trinajstić information content (AvgIpc) is 2.69. The zero-order valence-corrected chi connectivity index (χ0v) is 17.5. The van der Waals surface area contributed by atoms with E-state index in [0.717, 1.165) is 10.5 Å². The van der Waals surface area contributed by atoms with Crippen molar-refractivity contribution in [1.82, 2.24) is 0 Å². The van der Waals surface area contributed by atoms with Crippen molar-refractivity contribution in [2.24, 2.45) is 0 Å². The molecule has 148 valence electrons. The lowest BCUT2D eigenvalue weighted by Gasteiger charge is -2.13. The van der Waals surface area contributed by atoms with Gasteiger partial charge in [-0.15, -0.1) is 11.8 Å². The molecular formula is C23H21ClN2O2S. The Labute approximate surface area is 179 Å². The maximum atomic E-state index is 12.4. The Morgan fingerprint density at radius 1 is 0.897 bits per heavy atom. The standard InChI is InChI=1S/C23H21ClN2O2S/c1-16(23(28)26-19-10-5-9-18(24)14-19)29-21-12-6-11-20(15-21)25-22(27)13-17-7-3-2-4-8-17/h2-12,14-16H,13H2,1H3,(H,25,27)(H,26,28). The molecule has 4 nitrogen and oxygen atoms in total. The van der Waals surface area contributed by atoms with Crippen LogP contribution in [0.3, 0.4) is 0 Å². The first-order chi connectivity index (χ1) is 14.0. The maximum absolute atomic E-state index is 12.4. The summed E-state index contributed by atoms with van der Waals surface area (Å²) < 4.78 is 0. The van der Waals surface area contributed by atoms with Gasteiger partial charge in [0.25, 0.3) is 0 Å². The van der Waals surface area contributed by atoms with Gasteiger partial charge in [0, 0.05) is 21.3 Å². The lowest BCUT2D eigenvalue weighted by atomic mass is 10.1. The van der Waals surface area contributed by atoms with E-state index in [1.165, 1.54) is 11.8 Å². The third kappa shape index (κ3) is 6.66. The molecule has 1 atom stereocenters. The van der Waals surface area contributed by atoms with Crippen LogP contribution < -0.4 is 10.6 Å². The van der Waals surface area contributed by atoms with Gasteiger partial charge in [0.15, 0.2) is 0 Å². The van der Waals surface area contributed by atoms with Crippen LogP contribution in [0.5, 0.6) is 0 Å². The second-order valence-electron chi connectivity index (χ2n) is 6.50. The van der Waals surface area contributed by atoms with Crippen molar-refractivity contribution in [3.8, 4) is 0 Å². The van der Waals surface area contributed by atoms with Crippen LogP contribution in [0.1, 0.15) is 12.5 Å². The molecule has 0 fully saturated rings. The first-order valence-electron chi connectivity index (χ1n) is 9.16. The maximum Gasteiger partial charge on any atom is 0.237 e. The van der Waals surface area contributed by atoms with Crippen LogP contribution >= 0.6 is 23.4 Å². The molecule has 0 spiro atoms. The van der Waals surface area contributed by atoms with E-state index in [9.17, 15) is 9.59 Å². The minimum Gasteiger partial charge on any atom is -0.326 e. The van der Waals surface area contributed by atoms with E-state index < -0.39 is 0 Å². The highest BCUT2D eigenvalue weighted by molar-refractivity contribution is 8.00. The third-order valence-electron chi connectivity index (χ3n) is 4.10. The topological polar surface area (TPSA) is 58.2 Å². The number of anilines is 2. The van der Waals surface area contributed by atoms with Crippen LogP contribution in [0.25, 0.3) is 0 Å². The molecule has 0 saturated heterocycles. The number of carbonyl (C=O) groups is 2. The van der Waals surface area contributed by atoms with E-state index in [4.69, 9.17) is 11.6 Å². The summed E-state index contributed by atoms with van der Waals surface area (Å²) in [5, 5.41) is 6.03. The highest BCUT2D eigenvalue weighted by atomic mass is 35.5. The predicted molar refractivity (Wildman–Crippen MR) is 121 cm³/mol. The lowest BCUT2D eigenvalue weighted by molar-refractivity contribution is -0.116. The zero-order valence-electron chi connectivity index (χ0n) is 15.9. The number of amides is 2. The van der Waals surface area contributed by atoms with Crippen LogP contribution in [0.2, 0.25) is 5.02 Å². The summed E-state index contributed by atoms with van der Waals surface area (Å²) >= 11 is 7.38. The van der Waals surface area contributed by atoms with Crippen molar-refractivity contribution in [1.29, 1.82) is 0 Å². The first kappa shape index (κ1) is 21.0. The Morgan fingerprint density at radius 2 is 1.59 bits per heavy atom. The number of thioether (sulfide) groups is 1. The van der Waals surface area contributed by atoms with Crippen LogP contribution in [0.4, 0.5) is 11.4 Å². The van der Waals surface area contributed by atoms with E-state index in [2.05, 4.69) is 10.6 Å². The van der Waals surface area contributed by atoms with Crippen LogP contribution in [-0.2, 0) is 16.0 Å². The number of rotatable bonds is 7. The molecule has 0 radical (unpaired) electrons. The molecule has 3 aromatic rings. The van der Waals surface area contributed by atoms with Crippen LogP contribution in [-0.4, -0.2) is 17.1 Å². The first-order valence-corrected chi connectivity index (χ1v) is 10.4. The number of nitrogens with one attached hydrogen (secondary N) is 2. The van der Waals surface area contributed by atoms with Crippen molar-refractivity contribution in [3.05, 3.63) is 89.4 Å². The number of carbonyl (C=O) groups excluding carboxylic acids is 2. The molecule has 3 rings (SSSR count). The quantitative estimate of drug-likeness (QED) is 0.482. The molecule has 1 unspecified atom stereocenters. The average molecular weight is 425 g/mol. The Balaban J connectivity index is 1.57. The molecule has 0 aliphatic heterocycles. The van der Waals surface area contributed by atoms with Crippen molar-refractivity contribution < 1.29 is 9.59 Å². The van der Waals surface area contributed by atoms with Crippen LogP contribution in [0, 0.1) is 0 Å². The van der Waals surface area contributed by atoms with E-state index in [-0.39, 0.29) is 17.1 Å². The summed E-state index contributed by atoms with van der Waals surface area (Å²) in [6, 6.07) is 24.1. The minimum absolute atomic E-state index is 0.0786. The Kier molecular flexibility index (Phi) is 7.33. The van der Waals surface area contributed by atoms with Crippen molar-refractivity contribution in [3.63, 3.8) is 0 Å². The monoisotopic (exact) mass is 424 g/mol. The van der Waals surface area contributed by atoms with Gasteiger partial charge in [-0.1, -0.05) is 54.1 Å². The van der Waals surface area contributed by atoms with Crippen molar-refractivity contribution >= 4 is 46.6 Å². The molecule has 0 aromatic heterocycles. The van der Waals surface area contributed by atoms with Gasteiger partial charge in [0.1, 0.15) is 0 Å². The summed E-state index contributed by atoms with van der Waals surface area (Å²) in [5.41, 5.74) is 2.33. The fourth-order valence-corrected chi connectivity index (χ4v) is 3.82. The molecule has 0 heterocycles. The summed E-state index contributed by atoms with van der Waals surface area (Å²) in [7, 11) is 0. The van der Waals surface area contributed by atoms with Gasteiger partial charge in [-0.05, 0) is 48.9 Å². The summed E-state index contributed by atoms with van der Waals surface area (Å²) in [5.74, 6) is -0.194. The van der Waals surface area contributed by atoms with E-state index in [1.807, 2.05) is 61.5 Å². The lowest BCUT2D eigenvalue weighted by Crippen LogP contribution is -2.22. The van der Waals surface area contributed by atoms with Gasteiger partial charge in [0.05, 0.1) is 11.7 Å². The predicted octanol–water partition coefficient (Wildman–Crippen LogP) is 5.64. The molecule has 6 heteroatoms. The molecule has 2 N–H and O–H groups in total. The molecule has 29 heavy (non-hydrogen) atoms. The van der Waals surface area contributed by atoms with Crippen LogP contribution in [0.15, 0.2) is 83.8 Å². The highest BCUT2D eigenvalue weighted by Crippen LogP contribution is 2.27. The van der Waals surface area contributed by atoms with Gasteiger partial charge in [-0.3, -0.25) is 9.59 Å². The Bertz CT molecular complexity index is 995. The molecular weight excluding hydrogens is 404 g/mol. The molecule has 0 bridgehead atoms. The Hall–Kier alpha value is -2.76. The highest BCUT2D eigenvalue weighted by Gasteiger charge is 2.15.